The van der Waals surface area contributed by atoms with Gasteiger partial charge >= 0.3 is 0 Å². The Morgan fingerprint density at radius 2 is 1.94 bits per heavy atom. The second kappa shape index (κ2) is 6.44. The fourth-order valence-electron chi connectivity index (χ4n) is 1.74. The molecular weight excluding hydrogens is 198 g/mol. The third kappa shape index (κ3) is 3.46. The minimum absolute atomic E-state index is 0. The van der Waals surface area contributed by atoms with Crippen LogP contribution in [-0.2, 0) is 17.8 Å². The molecule has 2 rings (SSSR count). The Labute approximate surface area is 99.5 Å². The lowest BCUT2D eigenvalue weighted by atomic mass is 9.94. The average molecular weight is 221 g/mol. The van der Waals surface area contributed by atoms with E-state index in [1.807, 2.05) is 12.1 Å². The molecule has 16 heavy (non-hydrogen) atoms. The lowest BCUT2D eigenvalue weighted by Gasteiger charge is -2.23. The molecule has 0 radical (unpaired) electrons. The Kier molecular flexibility index (Phi) is 5.20. The maximum atomic E-state index is 11.1. The van der Waals surface area contributed by atoms with Gasteiger partial charge in [-0.25, -0.2) is 0 Å². The molecule has 0 aliphatic carbocycles. The second-order valence-corrected chi connectivity index (χ2v) is 4.22. The van der Waals surface area contributed by atoms with Gasteiger partial charge in [-0.15, -0.1) is 0 Å². The summed E-state index contributed by atoms with van der Waals surface area (Å²) in [5.41, 5.74) is 2.63. The standard InChI is InChI=1S/C11H13NO.C3H8.H2/c1-8(13)11-6-9-4-2-3-5-10(9)7-12-11;1-3-2;/h2-5,11-12H,6-7H2,1H3;3H2,1-2H3;1H. The number of hydrogen-bond donors (Lipinski definition) is 1. The Morgan fingerprint density at radius 3 is 2.50 bits per heavy atom. The molecule has 1 aliphatic heterocycles. The van der Waals surface area contributed by atoms with Crippen LogP contribution in [0, 0.1) is 0 Å². The van der Waals surface area contributed by atoms with Crippen LogP contribution < -0.4 is 5.32 Å². The molecule has 1 unspecified atom stereocenters. The summed E-state index contributed by atoms with van der Waals surface area (Å²) in [7, 11) is 0. The molecule has 0 saturated carbocycles. The van der Waals surface area contributed by atoms with Gasteiger partial charge < -0.3 is 5.32 Å². The highest BCUT2D eigenvalue weighted by Gasteiger charge is 2.20. The number of nitrogens with one attached hydrogen (secondary N) is 1. The van der Waals surface area contributed by atoms with Gasteiger partial charge in [-0.1, -0.05) is 44.5 Å². The summed E-state index contributed by atoms with van der Waals surface area (Å²) in [6, 6.07) is 8.30. The van der Waals surface area contributed by atoms with Crippen LogP contribution in [0.5, 0.6) is 0 Å². The highest BCUT2D eigenvalue weighted by molar-refractivity contribution is 5.82. The van der Waals surface area contributed by atoms with E-state index in [9.17, 15) is 4.79 Å². The molecule has 1 N–H and O–H groups in total. The summed E-state index contributed by atoms with van der Waals surface area (Å²) in [6.45, 7) is 6.71. The summed E-state index contributed by atoms with van der Waals surface area (Å²) in [4.78, 5) is 11.1. The Bertz CT molecular complexity index is 352. The first-order chi connectivity index (χ1) is 7.69. The van der Waals surface area contributed by atoms with Gasteiger partial charge in [-0.3, -0.25) is 4.79 Å². The summed E-state index contributed by atoms with van der Waals surface area (Å²) >= 11 is 0. The molecule has 1 aliphatic rings. The molecule has 1 atom stereocenters. The maximum Gasteiger partial charge on any atom is 0.147 e. The fraction of sp³-hybridized carbons (Fsp3) is 0.500. The van der Waals surface area contributed by atoms with Gasteiger partial charge in [0.2, 0.25) is 0 Å². The van der Waals surface area contributed by atoms with Gasteiger partial charge in [-0.2, -0.15) is 0 Å². The van der Waals surface area contributed by atoms with E-state index in [-0.39, 0.29) is 13.3 Å². The van der Waals surface area contributed by atoms with Crippen molar-refractivity contribution in [1.29, 1.82) is 0 Å². The van der Waals surface area contributed by atoms with Crippen molar-refractivity contribution in [3.8, 4) is 0 Å². The van der Waals surface area contributed by atoms with Crippen molar-refractivity contribution in [2.24, 2.45) is 0 Å². The second-order valence-electron chi connectivity index (χ2n) is 4.22. The van der Waals surface area contributed by atoms with Gasteiger partial charge in [-0.05, 0) is 24.5 Å². The molecule has 0 fully saturated rings. The van der Waals surface area contributed by atoms with Crippen molar-refractivity contribution in [3.63, 3.8) is 0 Å². The minimum Gasteiger partial charge on any atom is -0.303 e. The number of ketones is 1. The number of carbonyl (C=O) groups is 1. The molecule has 0 spiro atoms. The van der Waals surface area contributed by atoms with Crippen LogP contribution in [0.1, 0.15) is 39.7 Å². The Hall–Kier alpha value is -1.15. The van der Waals surface area contributed by atoms with E-state index < -0.39 is 0 Å². The Balaban J connectivity index is 0.000000583. The molecule has 0 saturated heterocycles. The van der Waals surface area contributed by atoms with Gasteiger partial charge in [0.25, 0.3) is 0 Å². The van der Waals surface area contributed by atoms with Crippen molar-refractivity contribution < 1.29 is 6.22 Å². The molecular formula is C14H23NO. The number of hydrogen-bond acceptors (Lipinski definition) is 2. The molecule has 0 bridgehead atoms. The monoisotopic (exact) mass is 221 g/mol. The van der Waals surface area contributed by atoms with Crippen LogP contribution in [-0.4, -0.2) is 11.8 Å². The summed E-state index contributed by atoms with van der Waals surface area (Å²) < 4.78 is 0. The maximum absolute atomic E-state index is 11.1. The van der Waals surface area contributed by atoms with Crippen molar-refractivity contribution in [1.82, 2.24) is 5.32 Å². The third-order valence-corrected chi connectivity index (χ3v) is 2.57. The topological polar surface area (TPSA) is 29.1 Å². The predicted octanol–water partition coefficient (Wildman–Crippen LogP) is 2.95. The smallest absolute Gasteiger partial charge is 0.147 e. The number of Topliss-reactive ketones (excluding diaryl/α,β-unsaturated/α-hetero) is 1. The highest BCUT2D eigenvalue weighted by Crippen LogP contribution is 2.16. The highest BCUT2D eigenvalue weighted by atomic mass is 16.1. The normalized spacial score (nSPS) is 18.1. The fourth-order valence-corrected chi connectivity index (χ4v) is 1.74. The van der Waals surface area contributed by atoms with E-state index in [2.05, 4.69) is 31.3 Å². The van der Waals surface area contributed by atoms with E-state index in [4.69, 9.17) is 0 Å². The molecule has 1 aromatic carbocycles. The molecule has 1 aromatic rings. The lowest BCUT2D eigenvalue weighted by molar-refractivity contribution is -0.119. The number of carbonyl (C=O) groups excluding carboxylic acids is 1. The first-order valence-electron chi connectivity index (χ1n) is 5.99. The number of fused-ring (bicyclic) bond motifs is 1. The summed E-state index contributed by atoms with van der Waals surface area (Å²) in [5, 5.41) is 3.23. The van der Waals surface area contributed by atoms with Crippen LogP contribution in [0.3, 0.4) is 0 Å². The number of benzene rings is 1. The lowest BCUT2D eigenvalue weighted by Crippen LogP contribution is -2.40. The zero-order valence-corrected chi connectivity index (χ0v) is 10.4. The summed E-state index contributed by atoms with van der Waals surface area (Å²) in [6.07, 6.45) is 2.09. The van der Waals surface area contributed by atoms with Crippen molar-refractivity contribution in [3.05, 3.63) is 35.4 Å². The number of rotatable bonds is 1. The SMILES string of the molecule is CC(=O)C1Cc2ccccc2CN1.CCC.[HH]. The zero-order valence-electron chi connectivity index (χ0n) is 10.4. The van der Waals surface area contributed by atoms with Gasteiger partial charge in [0.15, 0.2) is 0 Å². The first kappa shape index (κ1) is 12.9. The third-order valence-electron chi connectivity index (χ3n) is 2.57. The largest absolute Gasteiger partial charge is 0.303 e. The molecule has 0 amide bonds. The van der Waals surface area contributed by atoms with Crippen LogP contribution in [0.2, 0.25) is 0 Å². The van der Waals surface area contributed by atoms with Crippen LogP contribution in [0.4, 0.5) is 0 Å². The molecule has 90 valence electrons. The van der Waals surface area contributed by atoms with E-state index in [0.717, 1.165) is 13.0 Å². The van der Waals surface area contributed by atoms with Crippen LogP contribution in [0.15, 0.2) is 24.3 Å². The van der Waals surface area contributed by atoms with E-state index >= 15 is 0 Å². The van der Waals surface area contributed by atoms with Gasteiger partial charge in [0.1, 0.15) is 5.78 Å². The molecule has 2 nitrogen and oxygen atoms in total. The van der Waals surface area contributed by atoms with Crippen LogP contribution in [0.25, 0.3) is 0 Å². The van der Waals surface area contributed by atoms with Gasteiger partial charge in [0, 0.05) is 7.97 Å². The average Bonchev–Trinajstić information content (AvgIpc) is 2.29. The van der Waals surface area contributed by atoms with Crippen molar-refractivity contribution in [2.45, 2.75) is 46.2 Å². The quantitative estimate of drug-likeness (QED) is 0.790. The van der Waals surface area contributed by atoms with E-state index in [1.165, 1.54) is 17.5 Å². The molecule has 0 aromatic heterocycles. The van der Waals surface area contributed by atoms with Crippen LogP contribution >= 0.6 is 0 Å². The molecule has 2 heteroatoms. The predicted molar refractivity (Wildman–Crippen MR) is 69.5 cm³/mol. The summed E-state index contributed by atoms with van der Waals surface area (Å²) in [5.74, 6) is 0.231. The van der Waals surface area contributed by atoms with Crippen molar-refractivity contribution >= 4 is 5.78 Å². The van der Waals surface area contributed by atoms with Crippen molar-refractivity contribution in [2.75, 3.05) is 0 Å². The van der Waals surface area contributed by atoms with E-state index in [1.54, 1.807) is 6.92 Å². The minimum atomic E-state index is 0. The Morgan fingerprint density at radius 1 is 1.38 bits per heavy atom. The first-order valence-corrected chi connectivity index (χ1v) is 5.99. The molecule has 1 heterocycles. The zero-order chi connectivity index (χ0) is 12.0. The van der Waals surface area contributed by atoms with Gasteiger partial charge in [0.05, 0.1) is 6.04 Å². The van der Waals surface area contributed by atoms with E-state index in [0.29, 0.717) is 0 Å².